The highest BCUT2D eigenvalue weighted by Crippen LogP contribution is 2.39. The van der Waals surface area contributed by atoms with E-state index in [0.29, 0.717) is 28.4 Å². The zero-order chi connectivity index (χ0) is 24.7. The molecular weight excluding hydrogens is 473 g/mol. The summed E-state index contributed by atoms with van der Waals surface area (Å²) in [6.45, 7) is 4.18. The van der Waals surface area contributed by atoms with Gasteiger partial charge in [0.05, 0.1) is 0 Å². The molecule has 3 heterocycles. The second-order valence-corrected chi connectivity index (χ2v) is 9.46. The Labute approximate surface area is 204 Å². The van der Waals surface area contributed by atoms with E-state index in [0.717, 1.165) is 55.1 Å². The van der Waals surface area contributed by atoms with Gasteiger partial charge in [-0.1, -0.05) is 11.3 Å². The zero-order valence-electron chi connectivity index (χ0n) is 19.4. The Bertz CT molecular complexity index is 1450. The summed E-state index contributed by atoms with van der Waals surface area (Å²) >= 11 is 1.13. The molecule has 0 aliphatic carbocycles. The second kappa shape index (κ2) is 9.23. The highest BCUT2D eigenvalue weighted by molar-refractivity contribution is 7.16. The Morgan fingerprint density at radius 3 is 2.51 bits per heavy atom. The Balaban J connectivity index is 1.62. The number of nitriles is 1. The number of benzene rings is 2. The lowest BCUT2D eigenvalue weighted by atomic mass is 10.1. The van der Waals surface area contributed by atoms with E-state index in [4.69, 9.17) is 0 Å². The average Bonchev–Trinajstić information content (AvgIpc) is 3.48. The minimum atomic E-state index is -1.01. The predicted molar refractivity (Wildman–Crippen MR) is 132 cm³/mol. The number of piperidine rings is 1. The first-order chi connectivity index (χ1) is 16.9. The van der Waals surface area contributed by atoms with Crippen LogP contribution in [-0.2, 0) is 6.54 Å². The van der Waals surface area contributed by atoms with Gasteiger partial charge >= 0.3 is 0 Å². The van der Waals surface area contributed by atoms with Crippen LogP contribution in [0.1, 0.15) is 31.1 Å². The summed E-state index contributed by atoms with van der Waals surface area (Å²) < 4.78 is 44.2. The molecule has 6 nitrogen and oxygen atoms in total. The highest BCUT2D eigenvalue weighted by Gasteiger charge is 2.24. The molecule has 180 valence electrons. The van der Waals surface area contributed by atoms with Crippen molar-refractivity contribution in [2.45, 2.75) is 32.7 Å². The lowest BCUT2D eigenvalue weighted by molar-refractivity contribution is 0.509. The summed E-state index contributed by atoms with van der Waals surface area (Å²) in [5.41, 5.74) is 1.67. The van der Waals surface area contributed by atoms with Crippen molar-refractivity contribution in [1.29, 1.82) is 5.26 Å². The third-order valence-electron chi connectivity index (χ3n) is 6.29. The maximum absolute atomic E-state index is 15.2. The first-order valence-corrected chi connectivity index (χ1v) is 12.3. The average molecular weight is 497 g/mol. The molecule has 0 atom stereocenters. The number of hydrogen-bond donors (Lipinski definition) is 0. The topological polar surface area (TPSA) is 61.0 Å². The molecule has 0 amide bonds. The molecule has 5 rings (SSSR count). The van der Waals surface area contributed by atoms with Crippen LogP contribution in [0.3, 0.4) is 0 Å². The monoisotopic (exact) mass is 496 g/mol. The summed E-state index contributed by atoms with van der Waals surface area (Å²) in [6, 6.07) is 9.04. The van der Waals surface area contributed by atoms with Crippen LogP contribution in [0.25, 0.3) is 22.2 Å². The van der Waals surface area contributed by atoms with Crippen molar-refractivity contribution in [3.05, 3.63) is 52.7 Å². The lowest BCUT2D eigenvalue weighted by Gasteiger charge is -2.29. The van der Waals surface area contributed by atoms with Crippen LogP contribution < -0.4 is 9.80 Å². The number of nitrogens with zero attached hydrogens (tertiary/aromatic N) is 6. The first-order valence-electron chi connectivity index (χ1n) is 11.5. The fraction of sp³-hybridized carbons (Fsp3) is 0.320. The van der Waals surface area contributed by atoms with Crippen molar-refractivity contribution in [3.63, 3.8) is 0 Å². The Morgan fingerprint density at radius 1 is 1.06 bits per heavy atom. The Kier molecular flexibility index (Phi) is 6.11. The molecule has 0 saturated carbocycles. The smallest absolute Gasteiger partial charge is 0.192 e. The summed E-state index contributed by atoms with van der Waals surface area (Å²) in [7, 11) is 1.78. The minimum Gasteiger partial charge on any atom is -0.371 e. The number of aromatic nitrogens is 3. The molecule has 0 radical (unpaired) electrons. The Morgan fingerprint density at radius 2 is 1.83 bits per heavy atom. The molecule has 2 aromatic carbocycles. The van der Waals surface area contributed by atoms with Crippen molar-refractivity contribution < 1.29 is 13.2 Å². The maximum atomic E-state index is 15.2. The maximum Gasteiger partial charge on any atom is 0.192 e. The molecule has 1 saturated heterocycles. The second-order valence-electron chi connectivity index (χ2n) is 8.48. The van der Waals surface area contributed by atoms with E-state index in [9.17, 15) is 14.0 Å². The molecule has 1 fully saturated rings. The molecule has 2 aromatic heterocycles. The molecular formula is C25H23F3N6S. The molecule has 0 N–H and O–H groups in total. The van der Waals surface area contributed by atoms with E-state index in [1.54, 1.807) is 22.7 Å². The van der Waals surface area contributed by atoms with E-state index in [-0.39, 0.29) is 21.9 Å². The summed E-state index contributed by atoms with van der Waals surface area (Å²) in [5.74, 6) is -1.71. The minimum absolute atomic E-state index is 0.268. The number of halogens is 3. The number of thiazole rings is 1. The molecule has 0 spiro atoms. The molecule has 10 heteroatoms. The molecule has 0 bridgehead atoms. The Hall–Kier alpha value is -3.58. The normalized spacial score (nSPS) is 13.9. The molecule has 1 aliphatic rings. The van der Waals surface area contributed by atoms with Crippen LogP contribution >= 0.6 is 11.3 Å². The number of fused-ring (bicyclic) bond motifs is 1. The van der Waals surface area contributed by atoms with E-state index >= 15 is 4.39 Å². The third-order valence-corrected chi connectivity index (χ3v) is 7.33. The van der Waals surface area contributed by atoms with Gasteiger partial charge in [-0.15, -0.1) is 0 Å². The largest absolute Gasteiger partial charge is 0.371 e. The third kappa shape index (κ3) is 4.10. The van der Waals surface area contributed by atoms with Gasteiger partial charge in [0.15, 0.2) is 22.6 Å². The quantitative estimate of drug-likeness (QED) is 0.328. The summed E-state index contributed by atoms with van der Waals surface area (Å²) in [4.78, 5) is 8.81. The standard InChI is InChI=1S/C25H23F3N6S/c1-3-34-24(17-12-16(13-20(28)23(17)31-34)33-9-5-4-6-10-33)32(2)25-30-22(21(14-29)35-25)15-7-8-18(26)19(27)11-15/h7-8,11-13H,3-6,9-10H2,1-2H3. The van der Waals surface area contributed by atoms with Crippen LogP contribution in [0.15, 0.2) is 30.3 Å². The van der Waals surface area contributed by atoms with Crippen LogP contribution in [0.4, 0.5) is 29.8 Å². The SMILES string of the molecule is CCn1nc2c(F)cc(N3CCCCC3)cc2c1N(C)c1nc(-c2ccc(F)c(F)c2)c(C#N)s1. The molecule has 35 heavy (non-hydrogen) atoms. The van der Waals surface area contributed by atoms with Crippen molar-refractivity contribution in [2.24, 2.45) is 0 Å². The highest BCUT2D eigenvalue weighted by atomic mass is 32.1. The van der Waals surface area contributed by atoms with E-state index < -0.39 is 11.6 Å². The predicted octanol–water partition coefficient (Wildman–Crippen LogP) is 6.23. The lowest BCUT2D eigenvalue weighted by Crippen LogP contribution is -2.29. The van der Waals surface area contributed by atoms with Gasteiger partial charge in [0.25, 0.3) is 0 Å². The van der Waals surface area contributed by atoms with Gasteiger partial charge in [0, 0.05) is 43.3 Å². The number of hydrogen-bond acceptors (Lipinski definition) is 6. The molecule has 4 aromatic rings. The van der Waals surface area contributed by atoms with Gasteiger partial charge in [0.1, 0.15) is 28.0 Å². The van der Waals surface area contributed by atoms with Crippen LogP contribution in [0.5, 0.6) is 0 Å². The zero-order valence-corrected chi connectivity index (χ0v) is 20.2. The van der Waals surface area contributed by atoms with Crippen molar-refractivity contribution in [1.82, 2.24) is 14.8 Å². The van der Waals surface area contributed by atoms with Gasteiger partial charge in [-0.05, 0) is 56.5 Å². The van der Waals surface area contributed by atoms with Gasteiger partial charge in [-0.3, -0.25) is 0 Å². The first kappa shape index (κ1) is 23.2. The summed E-state index contributed by atoms with van der Waals surface area (Å²) in [6.07, 6.45) is 3.32. The van der Waals surface area contributed by atoms with E-state index in [2.05, 4.69) is 21.1 Å². The van der Waals surface area contributed by atoms with E-state index in [1.165, 1.54) is 12.5 Å². The fourth-order valence-electron chi connectivity index (χ4n) is 4.53. The van der Waals surface area contributed by atoms with Crippen LogP contribution in [0, 0.1) is 28.8 Å². The molecule has 1 aliphatic heterocycles. The number of aryl methyl sites for hydroxylation is 1. The van der Waals surface area contributed by atoms with Gasteiger partial charge in [-0.2, -0.15) is 10.4 Å². The van der Waals surface area contributed by atoms with Gasteiger partial charge in [0.2, 0.25) is 0 Å². The summed E-state index contributed by atoms with van der Waals surface area (Å²) in [5, 5.41) is 15.3. The fourth-order valence-corrected chi connectivity index (χ4v) is 5.38. The van der Waals surface area contributed by atoms with E-state index in [1.807, 2.05) is 13.0 Å². The van der Waals surface area contributed by atoms with Crippen LogP contribution in [0.2, 0.25) is 0 Å². The number of anilines is 3. The van der Waals surface area contributed by atoms with Crippen molar-refractivity contribution in [3.8, 4) is 17.3 Å². The van der Waals surface area contributed by atoms with Crippen molar-refractivity contribution in [2.75, 3.05) is 29.9 Å². The number of rotatable bonds is 5. The van der Waals surface area contributed by atoms with Crippen LogP contribution in [-0.4, -0.2) is 34.9 Å². The van der Waals surface area contributed by atoms with Crippen molar-refractivity contribution >= 4 is 38.9 Å². The van der Waals surface area contributed by atoms with Gasteiger partial charge in [-0.25, -0.2) is 22.8 Å². The van der Waals surface area contributed by atoms with Gasteiger partial charge < -0.3 is 9.80 Å². The molecule has 0 unspecified atom stereocenters.